The third-order valence-corrected chi connectivity index (χ3v) is 3.48. The molecule has 0 aromatic rings. The molecule has 0 amide bonds. The molecular formula is C10H19N. The first-order chi connectivity index (χ1) is 5.42. The van der Waals surface area contributed by atoms with Gasteiger partial charge in [0.05, 0.1) is 0 Å². The van der Waals surface area contributed by atoms with Crippen molar-refractivity contribution in [3.8, 4) is 0 Å². The lowest BCUT2D eigenvalue weighted by molar-refractivity contribution is 0.373. The van der Waals surface area contributed by atoms with E-state index in [0.717, 1.165) is 17.9 Å². The molecule has 3 unspecified atom stereocenters. The number of nitrogens with one attached hydrogen (secondary N) is 1. The van der Waals surface area contributed by atoms with Crippen LogP contribution in [-0.2, 0) is 0 Å². The fourth-order valence-electron chi connectivity index (χ4n) is 2.95. The topological polar surface area (TPSA) is 12.0 Å². The molecule has 0 radical (unpaired) electrons. The van der Waals surface area contributed by atoms with Crippen molar-refractivity contribution in [2.75, 3.05) is 6.54 Å². The smallest absolute Gasteiger partial charge is 0.00985 e. The fraction of sp³-hybridized carbons (Fsp3) is 1.00. The molecule has 11 heavy (non-hydrogen) atoms. The standard InChI is InChI=1S/C10H19N/c1-2-4-8-7-11-10-6-3-5-9(8)10/h8-11H,2-7H2,1H3. The van der Waals surface area contributed by atoms with Gasteiger partial charge in [-0.05, 0) is 37.6 Å². The zero-order valence-electron chi connectivity index (χ0n) is 7.47. The molecule has 2 rings (SSSR count). The van der Waals surface area contributed by atoms with Gasteiger partial charge in [0.15, 0.2) is 0 Å². The third-order valence-electron chi connectivity index (χ3n) is 3.48. The van der Waals surface area contributed by atoms with Crippen molar-refractivity contribution in [3.63, 3.8) is 0 Å². The van der Waals surface area contributed by atoms with E-state index in [4.69, 9.17) is 0 Å². The van der Waals surface area contributed by atoms with Gasteiger partial charge in [0.25, 0.3) is 0 Å². The maximum atomic E-state index is 3.65. The lowest BCUT2D eigenvalue weighted by Gasteiger charge is -2.15. The number of hydrogen-bond acceptors (Lipinski definition) is 1. The van der Waals surface area contributed by atoms with Crippen LogP contribution in [0, 0.1) is 11.8 Å². The first-order valence-electron chi connectivity index (χ1n) is 5.15. The van der Waals surface area contributed by atoms with Crippen molar-refractivity contribution in [2.45, 2.75) is 45.1 Å². The Hall–Kier alpha value is -0.0400. The zero-order valence-corrected chi connectivity index (χ0v) is 7.47. The second-order valence-corrected chi connectivity index (χ2v) is 4.16. The molecule has 0 aromatic heterocycles. The highest BCUT2D eigenvalue weighted by atomic mass is 15.0. The number of fused-ring (bicyclic) bond motifs is 1. The summed E-state index contributed by atoms with van der Waals surface area (Å²) < 4.78 is 0. The molecule has 2 aliphatic rings. The minimum absolute atomic E-state index is 0.909. The summed E-state index contributed by atoms with van der Waals surface area (Å²) in [6, 6.07) is 0.909. The summed E-state index contributed by atoms with van der Waals surface area (Å²) in [7, 11) is 0. The van der Waals surface area contributed by atoms with Crippen LogP contribution in [0.15, 0.2) is 0 Å². The van der Waals surface area contributed by atoms with Gasteiger partial charge < -0.3 is 5.32 Å². The van der Waals surface area contributed by atoms with Crippen LogP contribution >= 0.6 is 0 Å². The van der Waals surface area contributed by atoms with E-state index in [0.29, 0.717) is 0 Å². The third kappa shape index (κ3) is 1.31. The van der Waals surface area contributed by atoms with E-state index in [9.17, 15) is 0 Å². The van der Waals surface area contributed by atoms with Crippen molar-refractivity contribution in [2.24, 2.45) is 11.8 Å². The van der Waals surface area contributed by atoms with Crippen molar-refractivity contribution in [1.82, 2.24) is 5.32 Å². The van der Waals surface area contributed by atoms with E-state index in [1.165, 1.54) is 38.6 Å². The maximum Gasteiger partial charge on any atom is 0.00985 e. The zero-order chi connectivity index (χ0) is 7.68. The number of hydrogen-bond donors (Lipinski definition) is 1. The van der Waals surface area contributed by atoms with Gasteiger partial charge in [-0.3, -0.25) is 0 Å². The van der Waals surface area contributed by atoms with Crippen LogP contribution in [0.25, 0.3) is 0 Å². The van der Waals surface area contributed by atoms with Crippen LogP contribution in [0.5, 0.6) is 0 Å². The molecule has 1 aliphatic heterocycles. The Morgan fingerprint density at radius 3 is 3.09 bits per heavy atom. The van der Waals surface area contributed by atoms with Gasteiger partial charge >= 0.3 is 0 Å². The van der Waals surface area contributed by atoms with Crippen molar-refractivity contribution in [1.29, 1.82) is 0 Å². The lowest BCUT2D eigenvalue weighted by Crippen LogP contribution is -2.21. The largest absolute Gasteiger partial charge is 0.313 e. The predicted octanol–water partition coefficient (Wildman–Crippen LogP) is 2.17. The summed E-state index contributed by atoms with van der Waals surface area (Å²) in [6.45, 7) is 3.62. The van der Waals surface area contributed by atoms with Crippen LogP contribution in [0.4, 0.5) is 0 Å². The Balaban J connectivity index is 1.92. The maximum absolute atomic E-state index is 3.65. The summed E-state index contributed by atoms with van der Waals surface area (Å²) in [6.07, 6.45) is 7.25. The van der Waals surface area contributed by atoms with Crippen LogP contribution in [0.2, 0.25) is 0 Å². The normalized spacial score (nSPS) is 42.8. The van der Waals surface area contributed by atoms with Gasteiger partial charge in [-0.25, -0.2) is 0 Å². The van der Waals surface area contributed by atoms with Crippen LogP contribution in [0.3, 0.4) is 0 Å². The quantitative estimate of drug-likeness (QED) is 0.641. The molecule has 1 aliphatic carbocycles. The fourth-order valence-corrected chi connectivity index (χ4v) is 2.95. The van der Waals surface area contributed by atoms with Gasteiger partial charge in [-0.1, -0.05) is 19.8 Å². The van der Waals surface area contributed by atoms with Crippen molar-refractivity contribution in [3.05, 3.63) is 0 Å². The van der Waals surface area contributed by atoms with Crippen LogP contribution < -0.4 is 5.32 Å². The first kappa shape index (κ1) is 7.60. The SMILES string of the molecule is CCCC1CNC2CCCC12. The highest BCUT2D eigenvalue weighted by molar-refractivity contribution is 4.93. The van der Waals surface area contributed by atoms with Crippen molar-refractivity contribution < 1.29 is 0 Å². The van der Waals surface area contributed by atoms with E-state index in [1.54, 1.807) is 0 Å². The second kappa shape index (κ2) is 3.14. The van der Waals surface area contributed by atoms with E-state index < -0.39 is 0 Å². The summed E-state index contributed by atoms with van der Waals surface area (Å²) in [5.74, 6) is 2.07. The molecule has 64 valence electrons. The minimum atomic E-state index is 0.909. The lowest BCUT2D eigenvalue weighted by atomic mass is 9.89. The average Bonchev–Trinajstić information content (AvgIpc) is 2.53. The molecule has 0 spiro atoms. The highest BCUT2D eigenvalue weighted by Gasteiger charge is 2.37. The average molecular weight is 153 g/mol. The molecule has 1 heteroatoms. The Morgan fingerprint density at radius 2 is 2.27 bits per heavy atom. The first-order valence-corrected chi connectivity index (χ1v) is 5.15. The summed E-state index contributed by atoms with van der Waals surface area (Å²) in [5.41, 5.74) is 0. The van der Waals surface area contributed by atoms with Gasteiger partial charge in [0.1, 0.15) is 0 Å². The molecule has 1 saturated carbocycles. The Bertz CT molecular complexity index is 131. The van der Waals surface area contributed by atoms with Crippen molar-refractivity contribution >= 4 is 0 Å². The van der Waals surface area contributed by atoms with E-state index in [2.05, 4.69) is 12.2 Å². The molecule has 1 saturated heterocycles. The van der Waals surface area contributed by atoms with Gasteiger partial charge in [-0.15, -0.1) is 0 Å². The highest BCUT2D eigenvalue weighted by Crippen LogP contribution is 2.37. The molecule has 2 fully saturated rings. The molecule has 1 heterocycles. The second-order valence-electron chi connectivity index (χ2n) is 4.16. The summed E-state index contributed by atoms with van der Waals surface area (Å²) in [4.78, 5) is 0. The predicted molar refractivity (Wildman–Crippen MR) is 47.5 cm³/mol. The van der Waals surface area contributed by atoms with Gasteiger partial charge in [0.2, 0.25) is 0 Å². The molecule has 0 bridgehead atoms. The summed E-state index contributed by atoms with van der Waals surface area (Å²) in [5, 5.41) is 3.65. The molecule has 0 aromatic carbocycles. The molecule has 1 nitrogen and oxygen atoms in total. The summed E-state index contributed by atoms with van der Waals surface area (Å²) >= 11 is 0. The van der Waals surface area contributed by atoms with E-state index >= 15 is 0 Å². The molecule has 3 atom stereocenters. The Kier molecular flexibility index (Phi) is 2.17. The molecule has 1 N–H and O–H groups in total. The van der Waals surface area contributed by atoms with Crippen LogP contribution in [-0.4, -0.2) is 12.6 Å². The Labute approximate surface area is 69.6 Å². The van der Waals surface area contributed by atoms with E-state index in [-0.39, 0.29) is 0 Å². The number of rotatable bonds is 2. The van der Waals surface area contributed by atoms with Gasteiger partial charge in [0, 0.05) is 6.04 Å². The monoisotopic (exact) mass is 153 g/mol. The van der Waals surface area contributed by atoms with Gasteiger partial charge in [-0.2, -0.15) is 0 Å². The van der Waals surface area contributed by atoms with E-state index in [1.807, 2.05) is 0 Å². The molecular weight excluding hydrogens is 134 g/mol. The van der Waals surface area contributed by atoms with Crippen LogP contribution in [0.1, 0.15) is 39.0 Å². The Morgan fingerprint density at radius 1 is 1.36 bits per heavy atom. The minimum Gasteiger partial charge on any atom is -0.313 e.